The van der Waals surface area contributed by atoms with E-state index in [1.165, 1.54) is 17.5 Å². The van der Waals surface area contributed by atoms with E-state index in [1.54, 1.807) is 18.2 Å². The number of anilines is 1. The van der Waals surface area contributed by atoms with Gasteiger partial charge in [-0.25, -0.2) is 22.5 Å². The van der Waals surface area contributed by atoms with Gasteiger partial charge in [-0.1, -0.05) is 23.4 Å². The van der Waals surface area contributed by atoms with Gasteiger partial charge in [-0.15, -0.1) is 22.9 Å². The van der Waals surface area contributed by atoms with Gasteiger partial charge < -0.3 is 24.8 Å². The van der Waals surface area contributed by atoms with Crippen molar-refractivity contribution in [3.8, 4) is 0 Å². The first-order valence-corrected chi connectivity index (χ1v) is 12.6. The largest absolute Gasteiger partial charge is 1.00 e. The van der Waals surface area contributed by atoms with Gasteiger partial charge in [-0.05, 0) is 12.1 Å². The molecule has 2 heterocycles. The van der Waals surface area contributed by atoms with Crippen LogP contribution < -0.4 is 40.2 Å². The molecular formula is C19H17ClN5NaO9S2. The summed E-state index contributed by atoms with van der Waals surface area (Å²) in [5.41, 5.74) is -0.317. The van der Waals surface area contributed by atoms with Gasteiger partial charge in [0, 0.05) is 5.38 Å². The molecule has 1 aromatic heterocycles. The fraction of sp³-hybridized carbons (Fsp3) is 0.263. The Hall–Kier alpha value is -2.60. The molecular weight excluding hydrogens is 565 g/mol. The number of carbonyl (C=O) groups excluding carboxylic acids is 4. The van der Waals surface area contributed by atoms with Crippen molar-refractivity contribution in [1.82, 2.24) is 14.6 Å². The van der Waals surface area contributed by atoms with Crippen LogP contribution in [-0.2, 0) is 34.3 Å². The summed E-state index contributed by atoms with van der Waals surface area (Å²) in [6.07, 6.45) is 0. The third-order valence-corrected chi connectivity index (χ3v) is 6.54. The van der Waals surface area contributed by atoms with Crippen LogP contribution in [0.15, 0.2) is 40.9 Å². The van der Waals surface area contributed by atoms with Crippen LogP contribution in [0.5, 0.6) is 0 Å². The van der Waals surface area contributed by atoms with Crippen LogP contribution in [-0.4, -0.2) is 83.3 Å². The molecule has 1 aliphatic heterocycles. The van der Waals surface area contributed by atoms with Crippen molar-refractivity contribution in [1.29, 1.82) is 0 Å². The minimum absolute atomic E-state index is 0. The Balaban J connectivity index is 0.00000481. The van der Waals surface area contributed by atoms with Gasteiger partial charge in [0.2, 0.25) is 5.91 Å². The number of alkyl halides is 1. The zero-order valence-electron chi connectivity index (χ0n) is 19.2. The number of esters is 1. The number of hydrogen-bond acceptors (Lipinski definition) is 12. The Labute approximate surface area is 241 Å². The molecule has 1 aromatic carbocycles. The number of rotatable bonds is 10. The number of nitrogens with zero attached hydrogens (tertiary/aromatic N) is 3. The number of benzene rings is 1. The molecule has 18 heteroatoms. The molecule has 2 N–H and O–H groups in total. The normalized spacial score (nSPS) is 17.2. The molecule has 1 aliphatic rings. The average molecular weight is 582 g/mol. The Morgan fingerprint density at radius 1 is 1.27 bits per heavy atom. The minimum Gasteiger partial charge on any atom is -0.731 e. The molecule has 0 aliphatic carbocycles. The summed E-state index contributed by atoms with van der Waals surface area (Å²) >= 11 is 6.37. The number of carbonyl (C=O) groups is 4. The summed E-state index contributed by atoms with van der Waals surface area (Å²) in [6, 6.07) is 4.65. The Bertz CT molecular complexity index is 1310. The monoisotopic (exact) mass is 581 g/mol. The van der Waals surface area contributed by atoms with Gasteiger partial charge >= 0.3 is 35.5 Å². The number of hydrogen-bond donors (Lipinski definition) is 2. The maximum Gasteiger partial charge on any atom is 1.00 e. The number of thiazole rings is 1. The van der Waals surface area contributed by atoms with Crippen molar-refractivity contribution in [3.63, 3.8) is 0 Å². The Morgan fingerprint density at radius 3 is 2.54 bits per heavy atom. The summed E-state index contributed by atoms with van der Waals surface area (Å²) in [6.45, 7) is -0.700. The zero-order valence-corrected chi connectivity index (χ0v) is 23.6. The smallest absolute Gasteiger partial charge is 0.731 e. The summed E-state index contributed by atoms with van der Waals surface area (Å²) in [4.78, 5) is 57.6. The van der Waals surface area contributed by atoms with Crippen LogP contribution in [0.3, 0.4) is 0 Å². The van der Waals surface area contributed by atoms with Crippen LogP contribution in [0.2, 0.25) is 0 Å². The number of nitrogens with one attached hydrogen (secondary N) is 2. The van der Waals surface area contributed by atoms with E-state index in [0.717, 1.165) is 18.4 Å². The first kappa shape index (κ1) is 30.6. The third-order valence-electron chi connectivity index (χ3n) is 4.60. The van der Waals surface area contributed by atoms with Crippen molar-refractivity contribution >= 4 is 67.8 Å². The average Bonchev–Trinajstić information content (AvgIpc) is 3.30. The number of halogens is 1. The number of aromatic nitrogens is 1. The van der Waals surface area contributed by atoms with E-state index in [4.69, 9.17) is 16.3 Å². The fourth-order valence-corrected chi connectivity index (χ4v) is 4.66. The van der Waals surface area contributed by atoms with Gasteiger partial charge in [0.05, 0.1) is 5.56 Å². The second-order valence-electron chi connectivity index (χ2n) is 6.92. The van der Waals surface area contributed by atoms with Crippen LogP contribution in [0.4, 0.5) is 5.13 Å². The second kappa shape index (κ2) is 13.3. The van der Waals surface area contributed by atoms with E-state index in [0.29, 0.717) is 0 Å². The van der Waals surface area contributed by atoms with Crippen LogP contribution in [0.25, 0.3) is 0 Å². The summed E-state index contributed by atoms with van der Waals surface area (Å²) < 4.78 is 39.7. The predicted octanol–water partition coefficient (Wildman–Crippen LogP) is -3.31. The van der Waals surface area contributed by atoms with Crippen LogP contribution in [0, 0.1) is 0 Å². The molecule has 0 spiro atoms. The fourth-order valence-electron chi connectivity index (χ4n) is 3.03. The molecule has 37 heavy (non-hydrogen) atoms. The first-order chi connectivity index (χ1) is 17.1. The summed E-state index contributed by atoms with van der Waals surface area (Å²) in [7, 11) is -4.12. The molecule has 0 bridgehead atoms. The number of oxime groups is 1. The topological polar surface area (TPSA) is 196 Å². The van der Waals surface area contributed by atoms with Gasteiger partial charge in [-0.2, -0.15) is 0 Å². The van der Waals surface area contributed by atoms with Crippen molar-refractivity contribution in [2.75, 3.05) is 24.9 Å². The van der Waals surface area contributed by atoms with Crippen LogP contribution >= 0.6 is 22.9 Å². The molecule has 14 nitrogen and oxygen atoms in total. The van der Waals surface area contributed by atoms with Gasteiger partial charge in [-0.3, -0.25) is 14.4 Å². The van der Waals surface area contributed by atoms with Crippen LogP contribution in [0.1, 0.15) is 16.1 Å². The molecule has 2 aromatic rings. The van der Waals surface area contributed by atoms with E-state index < -0.39 is 58.4 Å². The predicted molar refractivity (Wildman–Crippen MR) is 124 cm³/mol. The van der Waals surface area contributed by atoms with E-state index in [2.05, 4.69) is 25.6 Å². The van der Waals surface area contributed by atoms with Crippen molar-refractivity contribution < 1.29 is 71.3 Å². The molecule has 3 rings (SSSR count). The van der Waals surface area contributed by atoms with Crippen molar-refractivity contribution in [2.45, 2.75) is 12.1 Å². The number of ether oxygens (including phenoxy) is 1. The molecule has 0 radical (unpaired) electrons. The molecule has 0 saturated carbocycles. The first-order valence-electron chi connectivity index (χ1n) is 9.81. The molecule has 192 valence electrons. The second-order valence-corrected chi connectivity index (χ2v) is 9.29. The third kappa shape index (κ3) is 7.47. The zero-order chi connectivity index (χ0) is 26.5. The van der Waals surface area contributed by atoms with Gasteiger partial charge in [0.15, 0.2) is 21.1 Å². The van der Waals surface area contributed by atoms with E-state index in [-0.39, 0.29) is 56.1 Å². The summed E-state index contributed by atoms with van der Waals surface area (Å²) in [5.74, 6) is -3.95. The van der Waals surface area contributed by atoms with Crippen molar-refractivity contribution in [3.05, 3.63) is 47.0 Å². The maximum atomic E-state index is 12.9. The molecule has 2 atom stereocenters. The SMILES string of the molecule is CON=C(C(=O)NC1C(=O)N(S(=O)(=O)[O-])C1COC(=O)c1ccccc1)c1csc(NC(=O)CCl)n1.[Na+]. The summed E-state index contributed by atoms with van der Waals surface area (Å²) in [5, 5.41) is 9.66. The Morgan fingerprint density at radius 2 is 1.95 bits per heavy atom. The van der Waals surface area contributed by atoms with Gasteiger partial charge in [0.1, 0.15) is 37.4 Å². The number of β-lactam (4-membered cyclic amide) rings is 1. The quantitative estimate of drug-likeness (QED) is 0.0545. The molecule has 1 fully saturated rings. The van der Waals surface area contributed by atoms with E-state index >= 15 is 0 Å². The van der Waals surface area contributed by atoms with E-state index in [9.17, 15) is 32.1 Å². The number of amides is 3. The molecule has 3 amide bonds. The molecule has 2 unspecified atom stereocenters. The molecule has 1 saturated heterocycles. The van der Waals surface area contributed by atoms with Crippen molar-refractivity contribution in [2.24, 2.45) is 5.16 Å². The van der Waals surface area contributed by atoms with E-state index in [1.807, 2.05) is 0 Å². The minimum atomic E-state index is -5.26. The Kier molecular flexibility index (Phi) is 11.0. The maximum absolute atomic E-state index is 12.9. The van der Waals surface area contributed by atoms with Gasteiger partial charge in [0.25, 0.3) is 11.8 Å². The standard InChI is InChI=1S/C19H18ClN5O9S2.Na/c1-33-24-14(11-9-35-19(21-11)22-13(26)7-20)16(27)23-15-12(25(17(15)28)36(30,31)32)8-34-18(29)10-5-3-2-4-6-10;/h2-6,9,12,15H,7-8H2,1H3,(H,23,27)(H,21,22,26)(H,30,31,32);/q;+1/p-1.